The maximum atomic E-state index is 7.12. The third-order valence-corrected chi connectivity index (χ3v) is 28.2. The Labute approximate surface area is 315 Å². The van der Waals surface area contributed by atoms with Crippen LogP contribution in [0.3, 0.4) is 0 Å². The molecule has 3 nitrogen and oxygen atoms in total. The van der Waals surface area contributed by atoms with Gasteiger partial charge in [0.2, 0.25) is 0 Å². The largest absolute Gasteiger partial charge is 0.414 e. The second kappa shape index (κ2) is 15.7. The first kappa shape index (κ1) is 43.9. The Kier molecular flexibility index (Phi) is 13.8. The maximum absolute atomic E-state index is 7.12. The first-order chi connectivity index (χ1) is 22.5. The predicted molar refractivity (Wildman–Crippen MR) is 228 cm³/mol. The minimum Gasteiger partial charge on any atom is -0.414 e. The SMILES string of the molecule is C=C1[C@H](O[Si](C)(C)C(C)(C)C)CC(=C/C=C2\CCC[C@]3(C)[C@@H]([C@@H](C)/C=C/C[C@H](C)O[Si](C)(C)C(C)(C)C)CC[C@@H]23)C[C@H]1O[Si](C)(C)C(C)(C)C. The summed E-state index contributed by atoms with van der Waals surface area (Å²) in [5.74, 6) is 2.01. The van der Waals surface area contributed by atoms with Gasteiger partial charge in [-0.15, -0.1) is 0 Å². The van der Waals surface area contributed by atoms with Gasteiger partial charge in [-0.2, -0.15) is 0 Å². The molecule has 0 aromatic rings. The molecule has 0 N–H and O–H groups in total. The van der Waals surface area contributed by atoms with Crippen molar-refractivity contribution in [2.45, 2.75) is 207 Å². The highest BCUT2D eigenvalue weighted by Gasteiger charge is 2.50. The number of hydrogen-bond acceptors (Lipinski definition) is 3. The number of fused-ring (bicyclic) bond motifs is 1. The summed E-state index contributed by atoms with van der Waals surface area (Å²) in [5.41, 5.74) is 4.70. The van der Waals surface area contributed by atoms with Crippen LogP contribution in [0.5, 0.6) is 0 Å². The van der Waals surface area contributed by atoms with Gasteiger partial charge in [-0.3, -0.25) is 0 Å². The summed E-state index contributed by atoms with van der Waals surface area (Å²) in [5, 5.41) is 0.557. The summed E-state index contributed by atoms with van der Waals surface area (Å²) in [6.07, 6.45) is 19.8. The number of hydrogen-bond donors (Lipinski definition) is 0. The average Bonchev–Trinajstić information content (AvgIpc) is 3.29. The summed E-state index contributed by atoms with van der Waals surface area (Å²) < 4.78 is 20.9. The van der Waals surface area contributed by atoms with Gasteiger partial charge in [0.1, 0.15) is 0 Å². The van der Waals surface area contributed by atoms with Crippen LogP contribution in [0.15, 0.2) is 47.6 Å². The van der Waals surface area contributed by atoms with Gasteiger partial charge in [-0.05, 0) is 141 Å². The van der Waals surface area contributed by atoms with Crippen molar-refractivity contribution < 1.29 is 13.3 Å². The Morgan fingerprint density at radius 2 is 1.28 bits per heavy atom. The molecule has 0 radical (unpaired) electrons. The molecule has 3 saturated carbocycles. The molecule has 50 heavy (non-hydrogen) atoms. The summed E-state index contributed by atoms with van der Waals surface area (Å²) in [4.78, 5) is 0. The zero-order valence-electron chi connectivity index (χ0n) is 36.4. The van der Waals surface area contributed by atoms with Crippen molar-refractivity contribution in [3.8, 4) is 0 Å². The lowest BCUT2D eigenvalue weighted by molar-refractivity contribution is 0.112. The fraction of sp³-hybridized carbons (Fsp3) is 0.818. The molecule has 0 amide bonds. The highest BCUT2D eigenvalue weighted by atomic mass is 28.4. The van der Waals surface area contributed by atoms with Crippen LogP contribution >= 0.6 is 0 Å². The summed E-state index contributed by atoms with van der Waals surface area (Å²) in [6, 6.07) is 0. The van der Waals surface area contributed by atoms with E-state index in [2.05, 4.69) is 153 Å². The molecular weight excluding hydrogens is 661 g/mol. The lowest BCUT2D eigenvalue weighted by atomic mass is 9.61. The third-order valence-electron chi connectivity index (χ3n) is 14.6. The molecule has 0 aliphatic heterocycles. The van der Waals surface area contributed by atoms with Gasteiger partial charge < -0.3 is 13.3 Å². The first-order valence-electron chi connectivity index (χ1n) is 20.3. The minimum atomic E-state index is -1.98. The van der Waals surface area contributed by atoms with Crippen molar-refractivity contribution >= 4 is 25.0 Å². The summed E-state index contributed by atoms with van der Waals surface area (Å²) >= 11 is 0. The lowest BCUT2D eigenvalue weighted by Crippen LogP contribution is -2.49. The minimum absolute atomic E-state index is 0.0270. The Balaban J connectivity index is 1.81. The molecule has 3 fully saturated rings. The molecule has 0 saturated heterocycles. The molecule has 0 aromatic heterocycles. The molecule has 0 bridgehead atoms. The Morgan fingerprint density at radius 3 is 1.76 bits per heavy atom. The zero-order chi connectivity index (χ0) is 38.3. The van der Waals surface area contributed by atoms with E-state index in [1.807, 2.05) is 0 Å². The second-order valence-corrected chi connectivity index (χ2v) is 35.9. The van der Waals surface area contributed by atoms with Crippen LogP contribution in [-0.2, 0) is 13.3 Å². The normalized spacial score (nSPS) is 29.8. The quantitative estimate of drug-likeness (QED) is 0.156. The van der Waals surface area contributed by atoms with E-state index in [0.717, 1.165) is 30.8 Å². The van der Waals surface area contributed by atoms with Crippen LogP contribution in [0.2, 0.25) is 54.4 Å². The lowest BCUT2D eigenvalue weighted by Gasteiger charge is -2.46. The van der Waals surface area contributed by atoms with E-state index in [-0.39, 0.29) is 33.4 Å². The standard InChI is InChI=1S/C44H82O3Si3/c1-32(22-20-23-33(2)45-48(14,15)41(4,5)6)37-27-28-38-36(24-21-29-44(37,38)13)26-25-35-30-39(46-49(16,17)42(7,8)9)34(3)40(31-35)47-50(18,19)43(10,11)12/h20,22,25-26,32-33,37-40H,3,21,23-24,27-31H2,1-2,4-19H3/b22-20+,36-26+/t32-,33-,37+,38-,39+,40+,44+/m0/s1. The van der Waals surface area contributed by atoms with Crippen LogP contribution in [0, 0.1) is 23.2 Å². The molecule has 0 heterocycles. The van der Waals surface area contributed by atoms with E-state index < -0.39 is 25.0 Å². The Bertz CT molecular complexity index is 1230. The first-order valence-corrected chi connectivity index (χ1v) is 29.0. The van der Waals surface area contributed by atoms with Gasteiger partial charge in [0.15, 0.2) is 25.0 Å². The second-order valence-electron chi connectivity index (χ2n) is 21.6. The third kappa shape index (κ3) is 10.2. The van der Waals surface area contributed by atoms with Gasteiger partial charge in [0.05, 0.1) is 12.2 Å². The summed E-state index contributed by atoms with van der Waals surface area (Å²) in [7, 11) is -5.71. The van der Waals surface area contributed by atoms with Crippen molar-refractivity contribution in [1.82, 2.24) is 0 Å². The highest BCUT2D eigenvalue weighted by molar-refractivity contribution is 6.75. The molecule has 6 heteroatoms. The van der Waals surface area contributed by atoms with Gasteiger partial charge in [-0.25, -0.2) is 0 Å². The van der Waals surface area contributed by atoms with Gasteiger partial charge in [-0.1, -0.05) is 118 Å². The topological polar surface area (TPSA) is 27.7 Å². The number of rotatable bonds is 11. The van der Waals surface area contributed by atoms with Crippen LogP contribution in [0.1, 0.15) is 134 Å². The van der Waals surface area contributed by atoms with E-state index in [1.165, 1.54) is 37.7 Å². The molecule has 7 atom stereocenters. The molecular formula is C44H82O3Si3. The predicted octanol–water partition coefficient (Wildman–Crippen LogP) is 14.2. The van der Waals surface area contributed by atoms with Crippen molar-refractivity contribution in [2.24, 2.45) is 23.2 Å². The molecule has 3 aliphatic rings. The van der Waals surface area contributed by atoms with Crippen molar-refractivity contribution in [2.75, 3.05) is 0 Å². The molecule has 0 spiro atoms. The van der Waals surface area contributed by atoms with E-state index in [4.69, 9.17) is 13.3 Å². The van der Waals surface area contributed by atoms with Crippen molar-refractivity contribution in [3.63, 3.8) is 0 Å². The molecule has 288 valence electrons. The molecule has 3 aliphatic carbocycles. The van der Waals surface area contributed by atoms with E-state index >= 15 is 0 Å². The maximum Gasteiger partial charge on any atom is 0.192 e. The molecule has 0 unspecified atom stereocenters. The van der Waals surface area contributed by atoms with E-state index in [9.17, 15) is 0 Å². The Morgan fingerprint density at radius 1 is 0.780 bits per heavy atom. The van der Waals surface area contributed by atoms with Gasteiger partial charge >= 0.3 is 0 Å². The van der Waals surface area contributed by atoms with Gasteiger partial charge in [0.25, 0.3) is 0 Å². The zero-order valence-corrected chi connectivity index (χ0v) is 39.4. The summed E-state index contributed by atoms with van der Waals surface area (Å²) in [6.45, 7) is 47.3. The van der Waals surface area contributed by atoms with E-state index in [1.54, 1.807) is 5.57 Å². The van der Waals surface area contributed by atoms with Gasteiger partial charge in [0, 0.05) is 6.10 Å². The van der Waals surface area contributed by atoms with Crippen molar-refractivity contribution in [1.29, 1.82) is 0 Å². The molecule has 0 aromatic carbocycles. The van der Waals surface area contributed by atoms with Crippen molar-refractivity contribution in [3.05, 3.63) is 47.6 Å². The van der Waals surface area contributed by atoms with Crippen LogP contribution in [0.4, 0.5) is 0 Å². The van der Waals surface area contributed by atoms with Crippen LogP contribution in [-0.4, -0.2) is 43.3 Å². The molecule has 3 rings (SSSR count). The fourth-order valence-electron chi connectivity index (χ4n) is 8.18. The Hall–Kier alpha value is -0.509. The van der Waals surface area contributed by atoms with Crippen LogP contribution in [0.25, 0.3) is 0 Å². The average molecular weight is 743 g/mol. The fourth-order valence-corrected chi connectivity index (χ4v) is 12.2. The van der Waals surface area contributed by atoms with E-state index in [0.29, 0.717) is 17.3 Å². The number of allylic oxidation sites excluding steroid dienone is 4. The highest BCUT2D eigenvalue weighted by Crippen LogP contribution is 2.59. The monoisotopic (exact) mass is 743 g/mol. The smallest absolute Gasteiger partial charge is 0.192 e. The van der Waals surface area contributed by atoms with Crippen LogP contribution < -0.4 is 0 Å².